The highest BCUT2D eigenvalue weighted by atomic mass is 32.1. The SMILES string of the molecule is CCCNCC1CCCCCC1Cc1nccs1. The van der Waals surface area contributed by atoms with E-state index >= 15 is 0 Å². The minimum atomic E-state index is 0.850. The molecule has 102 valence electrons. The number of nitrogens with zero attached hydrogens (tertiary/aromatic N) is 1. The molecule has 3 heteroatoms. The first kappa shape index (κ1) is 14.0. The average Bonchev–Trinajstić information content (AvgIpc) is 2.78. The first-order chi connectivity index (χ1) is 8.90. The second kappa shape index (κ2) is 7.90. The Morgan fingerprint density at radius 2 is 2.11 bits per heavy atom. The van der Waals surface area contributed by atoms with E-state index in [2.05, 4.69) is 22.6 Å². The van der Waals surface area contributed by atoms with Crippen molar-refractivity contribution in [2.24, 2.45) is 11.8 Å². The van der Waals surface area contributed by atoms with Crippen LogP contribution in [0.15, 0.2) is 11.6 Å². The van der Waals surface area contributed by atoms with E-state index in [0.717, 1.165) is 11.8 Å². The fourth-order valence-corrected chi connectivity index (χ4v) is 3.75. The lowest BCUT2D eigenvalue weighted by atomic mass is 9.85. The van der Waals surface area contributed by atoms with E-state index in [-0.39, 0.29) is 0 Å². The van der Waals surface area contributed by atoms with Gasteiger partial charge in [0, 0.05) is 18.0 Å². The third-order valence-electron chi connectivity index (χ3n) is 4.07. The Kier molecular flexibility index (Phi) is 6.15. The molecule has 0 amide bonds. The summed E-state index contributed by atoms with van der Waals surface area (Å²) in [5, 5.41) is 7.07. The zero-order valence-electron chi connectivity index (χ0n) is 11.5. The zero-order chi connectivity index (χ0) is 12.6. The summed E-state index contributed by atoms with van der Waals surface area (Å²) in [5.74, 6) is 1.71. The Labute approximate surface area is 115 Å². The van der Waals surface area contributed by atoms with Gasteiger partial charge in [-0.15, -0.1) is 11.3 Å². The van der Waals surface area contributed by atoms with Gasteiger partial charge in [-0.2, -0.15) is 0 Å². The summed E-state index contributed by atoms with van der Waals surface area (Å²) in [7, 11) is 0. The maximum absolute atomic E-state index is 4.47. The quantitative estimate of drug-likeness (QED) is 0.624. The topological polar surface area (TPSA) is 24.9 Å². The molecule has 1 saturated carbocycles. The zero-order valence-corrected chi connectivity index (χ0v) is 12.3. The van der Waals surface area contributed by atoms with Crippen LogP contribution in [0.5, 0.6) is 0 Å². The van der Waals surface area contributed by atoms with Gasteiger partial charge in [0.15, 0.2) is 0 Å². The van der Waals surface area contributed by atoms with E-state index in [0.29, 0.717) is 0 Å². The Morgan fingerprint density at radius 3 is 2.83 bits per heavy atom. The van der Waals surface area contributed by atoms with Crippen LogP contribution >= 0.6 is 11.3 Å². The minimum absolute atomic E-state index is 0.850. The molecule has 1 aliphatic carbocycles. The van der Waals surface area contributed by atoms with Crippen molar-refractivity contribution in [2.45, 2.75) is 51.9 Å². The summed E-state index contributed by atoms with van der Waals surface area (Å²) in [6, 6.07) is 0. The molecular weight excluding hydrogens is 240 g/mol. The maximum atomic E-state index is 4.47. The largest absolute Gasteiger partial charge is 0.316 e. The normalized spacial score (nSPS) is 24.9. The molecule has 1 aromatic heterocycles. The van der Waals surface area contributed by atoms with Gasteiger partial charge >= 0.3 is 0 Å². The molecule has 1 fully saturated rings. The summed E-state index contributed by atoms with van der Waals surface area (Å²) < 4.78 is 0. The summed E-state index contributed by atoms with van der Waals surface area (Å²) in [6.45, 7) is 4.62. The van der Waals surface area contributed by atoms with Crippen molar-refractivity contribution in [2.75, 3.05) is 13.1 Å². The Bertz CT molecular complexity index is 310. The Hall–Kier alpha value is -0.410. The number of nitrogens with one attached hydrogen (secondary N) is 1. The van der Waals surface area contributed by atoms with Gasteiger partial charge in [0.2, 0.25) is 0 Å². The van der Waals surface area contributed by atoms with Gasteiger partial charge in [-0.1, -0.05) is 26.2 Å². The van der Waals surface area contributed by atoms with Gasteiger partial charge < -0.3 is 5.32 Å². The van der Waals surface area contributed by atoms with Crippen molar-refractivity contribution in [3.63, 3.8) is 0 Å². The standard InChI is InChI=1S/C15H26N2S/c1-2-8-16-12-14-7-5-3-4-6-13(14)11-15-17-9-10-18-15/h9-10,13-14,16H,2-8,11-12H2,1H3. The summed E-state index contributed by atoms with van der Waals surface area (Å²) >= 11 is 1.82. The van der Waals surface area contributed by atoms with E-state index in [1.54, 1.807) is 0 Å². The van der Waals surface area contributed by atoms with Gasteiger partial charge in [-0.25, -0.2) is 4.98 Å². The van der Waals surface area contributed by atoms with Gasteiger partial charge in [0.25, 0.3) is 0 Å². The molecule has 2 atom stereocenters. The van der Waals surface area contributed by atoms with Gasteiger partial charge in [0.05, 0.1) is 5.01 Å². The van der Waals surface area contributed by atoms with Crippen LogP contribution in [0.1, 0.15) is 50.5 Å². The van der Waals surface area contributed by atoms with Crippen LogP contribution in [0.3, 0.4) is 0 Å². The van der Waals surface area contributed by atoms with Crippen LogP contribution in [-0.2, 0) is 6.42 Å². The predicted octanol–water partition coefficient (Wildman–Crippen LogP) is 3.88. The first-order valence-electron chi connectivity index (χ1n) is 7.49. The molecule has 2 unspecified atom stereocenters. The lowest BCUT2D eigenvalue weighted by molar-refractivity contribution is 0.298. The van der Waals surface area contributed by atoms with Crippen LogP contribution in [0.2, 0.25) is 0 Å². The summed E-state index contributed by atoms with van der Waals surface area (Å²) in [5.41, 5.74) is 0. The van der Waals surface area contributed by atoms with E-state index in [4.69, 9.17) is 0 Å². The molecule has 0 aliphatic heterocycles. The summed E-state index contributed by atoms with van der Waals surface area (Å²) in [4.78, 5) is 4.47. The van der Waals surface area contributed by atoms with Crippen molar-refractivity contribution in [3.05, 3.63) is 16.6 Å². The third kappa shape index (κ3) is 4.36. The van der Waals surface area contributed by atoms with Crippen LogP contribution in [-0.4, -0.2) is 18.1 Å². The number of hydrogen-bond donors (Lipinski definition) is 1. The lowest BCUT2D eigenvalue weighted by Crippen LogP contribution is -2.29. The monoisotopic (exact) mass is 266 g/mol. The molecule has 0 radical (unpaired) electrons. The number of rotatable bonds is 6. The highest BCUT2D eigenvalue weighted by Gasteiger charge is 2.24. The molecule has 2 rings (SSSR count). The van der Waals surface area contributed by atoms with Crippen molar-refractivity contribution >= 4 is 11.3 Å². The second-order valence-electron chi connectivity index (χ2n) is 5.49. The third-order valence-corrected chi connectivity index (χ3v) is 4.87. The van der Waals surface area contributed by atoms with Crippen LogP contribution in [0.25, 0.3) is 0 Å². The predicted molar refractivity (Wildman–Crippen MR) is 79.0 cm³/mol. The molecule has 18 heavy (non-hydrogen) atoms. The van der Waals surface area contributed by atoms with E-state index < -0.39 is 0 Å². The average molecular weight is 266 g/mol. The highest BCUT2D eigenvalue weighted by molar-refractivity contribution is 7.09. The van der Waals surface area contributed by atoms with E-state index in [1.807, 2.05) is 17.5 Å². The van der Waals surface area contributed by atoms with Crippen LogP contribution < -0.4 is 5.32 Å². The number of thiazole rings is 1. The lowest BCUT2D eigenvalue weighted by Gasteiger charge is -2.24. The number of aromatic nitrogens is 1. The fourth-order valence-electron chi connectivity index (χ4n) is 3.04. The van der Waals surface area contributed by atoms with Gasteiger partial charge in [-0.3, -0.25) is 0 Å². The molecule has 0 spiro atoms. The summed E-state index contributed by atoms with van der Waals surface area (Å²) in [6.07, 6.45) is 11.5. The van der Waals surface area contributed by atoms with Gasteiger partial charge in [-0.05, 0) is 44.2 Å². The van der Waals surface area contributed by atoms with Crippen molar-refractivity contribution in [1.82, 2.24) is 10.3 Å². The van der Waals surface area contributed by atoms with Crippen LogP contribution in [0, 0.1) is 11.8 Å². The number of hydrogen-bond acceptors (Lipinski definition) is 3. The first-order valence-corrected chi connectivity index (χ1v) is 8.37. The second-order valence-corrected chi connectivity index (χ2v) is 6.47. The van der Waals surface area contributed by atoms with Crippen molar-refractivity contribution in [3.8, 4) is 0 Å². The molecule has 1 aliphatic rings. The fraction of sp³-hybridized carbons (Fsp3) is 0.800. The smallest absolute Gasteiger partial charge is 0.0927 e. The molecule has 0 saturated heterocycles. The molecule has 1 N–H and O–H groups in total. The maximum Gasteiger partial charge on any atom is 0.0927 e. The highest BCUT2D eigenvalue weighted by Crippen LogP contribution is 2.31. The molecule has 0 aromatic carbocycles. The van der Waals surface area contributed by atoms with Crippen molar-refractivity contribution in [1.29, 1.82) is 0 Å². The van der Waals surface area contributed by atoms with Crippen molar-refractivity contribution < 1.29 is 0 Å². The van der Waals surface area contributed by atoms with Crippen LogP contribution in [0.4, 0.5) is 0 Å². The molecule has 1 aromatic rings. The van der Waals surface area contributed by atoms with Gasteiger partial charge in [0.1, 0.15) is 0 Å². The molecule has 2 nitrogen and oxygen atoms in total. The Balaban J connectivity index is 1.89. The molecule has 1 heterocycles. The molecular formula is C15H26N2S. The minimum Gasteiger partial charge on any atom is -0.316 e. The van der Waals surface area contributed by atoms with E-state index in [1.165, 1.54) is 63.0 Å². The van der Waals surface area contributed by atoms with E-state index in [9.17, 15) is 0 Å². The molecule has 0 bridgehead atoms. The Morgan fingerprint density at radius 1 is 1.28 bits per heavy atom.